The summed E-state index contributed by atoms with van der Waals surface area (Å²) in [5, 5.41) is 0. The molecule has 1 atom stereocenters. The number of benzene rings is 1. The van der Waals surface area contributed by atoms with Crippen molar-refractivity contribution in [3.05, 3.63) is 29.8 Å². The lowest BCUT2D eigenvalue weighted by Gasteiger charge is -2.26. The maximum Gasteiger partial charge on any atom is 0.161 e. The summed E-state index contributed by atoms with van der Waals surface area (Å²) in [4.78, 5) is 11.5. The van der Waals surface area contributed by atoms with E-state index in [4.69, 9.17) is 9.47 Å². The van der Waals surface area contributed by atoms with Crippen LogP contribution < -0.4 is 9.47 Å². The van der Waals surface area contributed by atoms with Crippen LogP contribution in [-0.2, 0) is 4.79 Å². The molecular formula is C14H16O3. The van der Waals surface area contributed by atoms with Gasteiger partial charge >= 0.3 is 0 Å². The van der Waals surface area contributed by atoms with E-state index in [2.05, 4.69) is 6.58 Å². The zero-order chi connectivity index (χ0) is 12.4. The smallest absolute Gasteiger partial charge is 0.161 e. The molecule has 0 bridgehead atoms. The quantitative estimate of drug-likeness (QED) is 0.800. The van der Waals surface area contributed by atoms with E-state index in [1.165, 1.54) is 0 Å². The zero-order valence-corrected chi connectivity index (χ0v) is 10.2. The molecule has 0 aliphatic heterocycles. The maximum absolute atomic E-state index is 11.5. The molecule has 1 fully saturated rings. The van der Waals surface area contributed by atoms with E-state index in [0.717, 1.165) is 17.5 Å². The largest absolute Gasteiger partial charge is 0.493 e. The Kier molecular flexibility index (Phi) is 3.18. The molecule has 0 amide bonds. The number of methoxy groups -OCH3 is 2. The van der Waals surface area contributed by atoms with Gasteiger partial charge in [0, 0.05) is 12.3 Å². The van der Waals surface area contributed by atoms with Gasteiger partial charge in [0.25, 0.3) is 0 Å². The van der Waals surface area contributed by atoms with Gasteiger partial charge in [0.2, 0.25) is 0 Å². The Hall–Kier alpha value is -1.77. The molecule has 0 N–H and O–H groups in total. The summed E-state index contributed by atoms with van der Waals surface area (Å²) in [6.07, 6.45) is 3.34. The van der Waals surface area contributed by atoms with Crippen molar-refractivity contribution in [1.29, 1.82) is 0 Å². The number of carbonyl (C=O) groups excluding carboxylic acids is 1. The Labute approximate surface area is 101 Å². The first kappa shape index (κ1) is 11.7. The highest BCUT2D eigenvalue weighted by molar-refractivity contribution is 5.92. The molecule has 1 aliphatic rings. The van der Waals surface area contributed by atoms with Crippen LogP contribution in [-0.4, -0.2) is 20.0 Å². The first-order valence-electron chi connectivity index (χ1n) is 5.62. The maximum atomic E-state index is 11.5. The fourth-order valence-electron chi connectivity index (χ4n) is 2.12. The van der Waals surface area contributed by atoms with Gasteiger partial charge in [0.15, 0.2) is 11.5 Å². The molecule has 0 aromatic heterocycles. The van der Waals surface area contributed by atoms with E-state index in [1.54, 1.807) is 20.3 Å². The van der Waals surface area contributed by atoms with Crippen molar-refractivity contribution in [1.82, 2.24) is 0 Å². The average molecular weight is 232 g/mol. The number of ketones is 1. The van der Waals surface area contributed by atoms with Crippen molar-refractivity contribution in [3.8, 4) is 11.5 Å². The van der Waals surface area contributed by atoms with Gasteiger partial charge in [-0.2, -0.15) is 0 Å². The molecule has 0 spiro atoms. The van der Waals surface area contributed by atoms with Crippen LogP contribution in [0, 0.1) is 0 Å². The average Bonchev–Trinajstić information content (AvgIpc) is 2.36. The number of ether oxygens (including phenoxy) is 2. The normalized spacial score (nSPS) is 18.5. The molecule has 2 rings (SSSR count). The van der Waals surface area contributed by atoms with Crippen LogP contribution in [0.4, 0.5) is 0 Å². The summed E-state index contributed by atoms with van der Waals surface area (Å²) >= 11 is 0. The minimum atomic E-state index is 0.00260. The molecule has 90 valence electrons. The fourth-order valence-corrected chi connectivity index (χ4v) is 2.12. The SMILES string of the molecule is C=Cc1cc(OC)c(OC)cc1C1CCC1=O. The third-order valence-corrected chi connectivity index (χ3v) is 3.25. The molecule has 17 heavy (non-hydrogen) atoms. The second-order valence-electron chi connectivity index (χ2n) is 4.10. The molecule has 3 nitrogen and oxygen atoms in total. The van der Waals surface area contributed by atoms with Gasteiger partial charge in [-0.15, -0.1) is 0 Å². The van der Waals surface area contributed by atoms with Gasteiger partial charge in [-0.3, -0.25) is 4.79 Å². The summed E-state index contributed by atoms with van der Waals surface area (Å²) in [7, 11) is 3.19. The molecule has 1 unspecified atom stereocenters. The van der Waals surface area contributed by atoms with Gasteiger partial charge in [-0.1, -0.05) is 12.7 Å². The predicted octanol–water partition coefficient (Wildman–Crippen LogP) is 2.79. The Bertz CT molecular complexity index is 463. The summed E-state index contributed by atoms with van der Waals surface area (Å²) in [5.74, 6) is 1.62. The molecule has 0 heterocycles. The number of carbonyl (C=O) groups is 1. The van der Waals surface area contributed by atoms with Gasteiger partial charge in [-0.05, 0) is 29.7 Å². The third-order valence-electron chi connectivity index (χ3n) is 3.25. The molecule has 1 saturated carbocycles. The van der Waals surface area contributed by atoms with Gasteiger partial charge in [-0.25, -0.2) is 0 Å². The number of rotatable bonds is 4. The summed E-state index contributed by atoms with van der Waals surface area (Å²) in [6, 6.07) is 3.75. The molecule has 1 aliphatic carbocycles. The highest BCUT2D eigenvalue weighted by Gasteiger charge is 2.31. The van der Waals surface area contributed by atoms with Crippen LogP contribution in [0.15, 0.2) is 18.7 Å². The van der Waals surface area contributed by atoms with E-state index in [-0.39, 0.29) is 5.92 Å². The Morgan fingerprint density at radius 3 is 2.35 bits per heavy atom. The van der Waals surface area contributed by atoms with Crippen LogP contribution >= 0.6 is 0 Å². The monoisotopic (exact) mass is 232 g/mol. The first-order chi connectivity index (χ1) is 8.21. The van der Waals surface area contributed by atoms with Crippen molar-refractivity contribution in [2.24, 2.45) is 0 Å². The highest BCUT2D eigenvalue weighted by atomic mass is 16.5. The minimum absolute atomic E-state index is 0.00260. The van der Waals surface area contributed by atoms with Crippen molar-refractivity contribution in [2.75, 3.05) is 14.2 Å². The Morgan fingerprint density at radius 1 is 1.29 bits per heavy atom. The van der Waals surface area contributed by atoms with E-state index in [9.17, 15) is 4.79 Å². The van der Waals surface area contributed by atoms with Crippen molar-refractivity contribution >= 4 is 11.9 Å². The molecular weight excluding hydrogens is 216 g/mol. The predicted molar refractivity (Wildman–Crippen MR) is 66.6 cm³/mol. The van der Waals surface area contributed by atoms with E-state index < -0.39 is 0 Å². The van der Waals surface area contributed by atoms with Crippen molar-refractivity contribution in [2.45, 2.75) is 18.8 Å². The van der Waals surface area contributed by atoms with Crippen LogP contribution in [0.3, 0.4) is 0 Å². The second kappa shape index (κ2) is 4.62. The highest BCUT2D eigenvalue weighted by Crippen LogP contribution is 2.40. The minimum Gasteiger partial charge on any atom is -0.493 e. The van der Waals surface area contributed by atoms with Gasteiger partial charge in [0.1, 0.15) is 5.78 Å². The molecule has 1 aromatic carbocycles. The van der Waals surface area contributed by atoms with E-state index >= 15 is 0 Å². The van der Waals surface area contributed by atoms with E-state index in [1.807, 2.05) is 12.1 Å². The second-order valence-corrected chi connectivity index (χ2v) is 4.10. The lowest BCUT2D eigenvalue weighted by molar-refractivity contribution is -0.125. The van der Waals surface area contributed by atoms with Crippen LogP contribution in [0.2, 0.25) is 0 Å². The van der Waals surface area contributed by atoms with Crippen molar-refractivity contribution < 1.29 is 14.3 Å². The molecule has 1 aromatic rings. The number of Topliss-reactive ketones (excluding diaryl/α,β-unsaturated/α-hetero) is 1. The van der Waals surface area contributed by atoms with Crippen molar-refractivity contribution in [3.63, 3.8) is 0 Å². The molecule has 0 radical (unpaired) electrons. The molecule has 3 heteroatoms. The van der Waals surface area contributed by atoms with Crippen LogP contribution in [0.25, 0.3) is 6.08 Å². The van der Waals surface area contributed by atoms with Gasteiger partial charge in [0.05, 0.1) is 14.2 Å². The number of hydrogen-bond donors (Lipinski definition) is 0. The van der Waals surface area contributed by atoms with Gasteiger partial charge < -0.3 is 9.47 Å². The van der Waals surface area contributed by atoms with Crippen LogP contribution in [0.1, 0.15) is 29.9 Å². The Morgan fingerprint density at radius 2 is 1.94 bits per heavy atom. The Balaban J connectivity index is 2.49. The zero-order valence-electron chi connectivity index (χ0n) is 10.2. The first-order valence-corrected chi connectivity index (χ1v) is 5.62. The fraction of sp³-hybridized carbons (Fsp3) is 0.357. The third kappa shape index (κ3) is 1.93. The number of hydrogen-bond acceptors (Lipinski definition) is 3. The van der Waals surface area contributed by atoms with Crippen LogP contribution in [0.5, 0.6) is 11.5 Å². The lowest BCUT2D eigenvalue weighted by atomic mass is 9.77. The summed E-state index contributed by atoms with van der Waals surface area (Å²) in [6.45, 7) is 3.78. The summed E-state index contributed by atoms with van der Waals surface area (Å²) in [5.41, 5.74) is 1.94. The molecule has 0 saturated heterocycles. The van der Waals surface area contributed by atoms with E-state index in [0.29, 0.717) is 23.7 Å². The topological polar surface area (TPSA) is 35.5 Å². The summed E-state index contributed by atoms with van der Waals surface area (Å²) < 4.78 is 10.5. The standard InChI is InChI=1S/C14H16O3/c1-4-9-7-13(16-2)14(17-3)8-11(9)10-5-6-12(10)15/h4,7-8,10H,1,5-6H2,2-3H3. The lowest BCUT2D eigenvalue weighted by Crippen LogP contribution is -2.24.